The SMILES string of the molecule is C[C@H](OC(=O)c1cc(Cl)cc(Cl)c1)C(=O)Nc1ccccc1C#N. The van der Waals surface area contributed by atoms with Crippen LogP contribution in [-0.2, 0) is 9.53 Å². The Balaban J connectivity index is 2.06. The summed E-state index contributed by atoms with van der Waals surface area (Å²) in [7, 11) is 0. The molecule has 0 aliphatic carbocycles. The zero-order valence-corrected chi connectivity index (χ0v) is 14.1. The van der Waals surface area contributed by atoms with E-state index >= 15 is 0 Å². The zero-order chi connectivity index (χ0) is 17.7. The Bertz CT molecular complexity index is 811. The van der Waals surface area contributed by atoms with Gasteiger partial charge in [0.15, 0.2) is 6.10 Å². The minimum atomic E-state index is -1.07. The Hall–Kier alpha value is -2.55. The molecule has 1 atom stereocenters. The Kier molecular flexibility index (Phi) is 5.80. The van der Waals surface area contributed by atoms with Gasteiger partial charge in [-0.05, 0) is 37.3 Å². The first-order chi connectivity index (χ1) is 11.4. The first-order valence-electron chi connectivity index (χ1n) is 6.88. The van der Waals surface area contributed by atoms with Crippen molar-refractivity contribution in [2.24, 2.45) is 0 Å². The molecular weight excluding hydrogens is 351 g/mol. The highest BCUT2D eigenvalue weighted by atomic mass is 35.5. The Morgan fingerprint density at radius 2 is 1.79 bits per heavy atom. The number of carbonyl (C=O) groups excluding carboxylic acids is 2. The van der Waals surface area contributed by atoms with E-state index in [1.807, 2.05) is 6.07 Å². The number of amides is 1. The van der Waals surface area contributed by atoms with Crippen LogP contribution in [0.4, 0.5) is 5.69 Å². The van der Waals surface area contributed by atoms with Gasteiger partial charge in [-0.3, -0.25) is 4.79 Å². The summed E-state index contributed by atoms with van der Waals surface area (Å²) >= 11 is 11.7. The number of hydrogen-bond acceptors (Lipinski definition) is 4. The van der Waals surface area contributed by atoms with E-state index < -0.39 is 18.0 Å². The van der Waals surface area contributed by atoms with E-state index in [4.69, 9.17) is 33.2 Å². The van der Waals surface area contributed by atoms with Gasteiger partial charge in [-0.15, -0.1) is 0 Å². The summed E-state index contributed by atoms with van der Waals surface area (Å²) in [4.78, 5) is 24.2. The maximum atomic E-state index is 12.1. The minimum absolute atomic E-state index is 0.143. The van der Waals surface area contributed by atoms with Crippen LogP contribution in [0.1, 0.15) is 22.8 Å². The molecule has 0 unspecified atom stereocenters. The molecule has 24 heavy (non-hydrogen) atoms. The third-order valence-electron chi connectivity index (χ3n) is 3.06. The number of esters is 1. The van der Waals surface area contributed by atoms with Crippen molar-refractivity contribution < 1.29 is 14.3 Å². The van der Waals surface area contributed by atoms with Crippen molar-refractivity contribution >= 4 is 40.8 Å². The number of nitriles is 1. The van der Waals surface area contributed by atoms with Crippen molar-refractivity contribution in [1.29, 1.82) is 5.26 Å². The van der Waals surface area contributed by atoms with Crippen LogP contribution < -0.4 is 5.32 Å². The first kappa shape index (κ1) is 17.8. The molecule has 2 aromatic carbocycles. The molecule has 2 aromatic rings. The maximum absolute atomic E-state index is 12.1. The number of ether oxygens (including phenoxy) is 1. The first-order valence-corrected chi connectivity index (χ1v) is 7.63. The van der Waals surface area contributed by atoms with Crippen LogP contribution in [-0.4, -0.2) is 18.0 Å². The summed E-state index contributed by atoms with van der Waals surface area (Å²) in [6, 6.07) is 12.8. The monoisotopic (exact) mass is 362 g/mol. The zero-order valence-electron chi connectivity index (χ0n) is 12.5. The van der Waals surface area contributed by atoms with Gasteiger partial charge in [0, 0.05) is 10.0 Å². The molecule has 0 saturated heterocycles. The molecule has 0 aliphatic heterocycles. The fraction of sp³-hybridized carbons (Fsp3) is 0.118. The van der Waals surface area contributed by atoms with E-state index in [1.54, 1.807) is 24.3 Å². The summed E-state index contributed by atoms with van der Waals surface area (Å²) in [5.41, 5.74) is 0.800. The number of anilines is 1. The van der Waals surface area contributed by atoms with Crippen LogP contribution in [0.15, 0.2) is 42.5 Å². The molecule has 0 fully saturated rings. The van der Waals surface area contributed by atoms with Gasteiger partial charge >= 0.3 is 5.97 Å². The average molecular weight is 363 g/mol. The van der Waals surface area contributed by atoms with Crippen molar-refractivity contribution in [3.05, 3.63) is 63.6 Å². The third kappa shape index (κ3) is 4.48. The summed E-state index contributed by atoms with van der Waals surface area (Å²) < 4.78 is 5.10. The van der Waals surface area contributed by atoms with Crippen LogP contribution >= 0.6 is 23.2 Å². The van der Waals surface area contributed by atoms with E-state index in [2.05, 4.69) is 5.32 Å². The van der Waals surface area contributed by atoms with E-state index in [0.717, 1.165) is 0 Å². The van der Waals surface area contributed by atoms with Crippen molar-refractivity contribution in [3.63, 3.8) is 0 Å². The van der Waals surface area contributed by atoms with E-state index in [9.17, 15) is 9.59 Å². The van der Waals surface area contributed by atoms with Gasteiger partial charge in [0.05, 0.1) is 16.8 Å². The molecule has 0 saturated carbocycles. The van der Waals surface area contributed by atoms with Crippen LogP contribution in [0.25, 0.3) is 0 Å². The van der Waals surface area contributed by atoms with Crippen molar-refractivity contribution in [2.45, 2.75) is 13.0 Å². The van der Waals surface area contributed by atoms with Gasteiger partial charge in [0.25, 0.3) is 5.91 Å². The lowest BCUT2D eigenvalue weighted by atomic mass is 10.2. The van der Waals surface area contributed by atoms with Crippen molar-refractivity contribution in [3.8, 4) is 6.07 Å². The number of nitrogens with one attached hydrogen (secondary N) is 1. The van der Waals surface area contributed by atoms with E-state index in [1.165, 1.54) is 25.1 Å². The second-order valence-electron chi connectivity index (χ2n) is 4.85. The fourth-order valence-electron chi connectivity index (χ4n) is 1.88. The predicted octanol–water partition coefficient (Wildman–Crippen LogP) is 4.05. The second-order valence-corrected chi connectivity index (χ2v) is 5.73. The standard InChI is InChI=1S/C17H12Cl2N2O3/c1-10(16(22)21-15-5-3-2-4-11(15)9-20)24-17(23)12-6-13(18)8-14(19)7-12/h2-8,10H,1H3,(H,21,22)/t10-/m0/s1. The summed E-state index contributed by atoms with van der Waals surface area (Å²) in [5, 5.41) is 12.1. The largest absolute Gasteiger partial charge is 0.449 e. The normalized spacial score (nSPS) is 11.2. The molecule has 0 radical (unpaired) electrons. The molecule has 0 spiro atoms. The third-order valence-corrected chi connectivity index (χ3v) is 3.49. The van der Waals surface area contributed by atoms with Gasteiger partial charge in [0.2, 0.25) is 0 Å². The number of carbonyl (C=O) groups is 2. The Labute approximate surface area is 148 Å². The Morgan fingerprint density at radius 1 is 1.17 bits per heavy atom. The number of nitrogens with zero attached hydrogens (tertiary/aromatic N) is 1. The lowest BCUT2D eigenvalue weighted by Crippen LogP contribution is -2.30. The molecule has 0 heterocycles. The molecule has 1 N–H and O–H groups in total. The van der Waals surface area contributed by atoms with E-state index in [-0.39, 0.29) is 15.6 Å². The molecule has 7 heteroatoms. The maximum Gasteiger partial charge on any atom is 0.339 e. The van der Waals surface area contributed by atoms with Gasteiger partial charge in [-0.1, -0.05) is 35.3 Å². The summed E-state index contributed by atoms with van der Waals surface area (Å²) in [5.74, 6) is -1.28. The lowest BCUT2D eigenvalue weighted by molar-refractivity contribution is -0.123. The topological polar surface area (TPSA) is 79.2 Å². The predicted molar refractivity (Wildman–Crippen MR) is 91.1 cm³/mol. The molecule has 122 valence electrons. The van der Waals surface area contributed by atoms with Crippen LogP contribution in [0.2, 0.25) is 10.0 Å². The quantitative estimate of drug-likeness (QED) is 0.832. The van der Waals surface area contributed by atoms with Crippen LogP contribution in [0.5, 0.6) is 0 Å². The van der Waals surface area contributed by atoms with Crippen molar-refractivity contribution in [1.82, 2.24) is 0 Å². The lowest BCUT2D eigenvalue weighted by Gasteiger charge is -2.14. The van der Waals surface area contributed by atoms with Crippen LogP contribution in [0, 0.1) is 11.3 Å². The Morgan fingerprint density at radius 3 is 2.42 bits per heavy atom. The molecule has 2 rings (SSSR count). The van der Waals surface area contributed by atoms with Gasteiger partial charge in [0.1, 0.15) is 6.07 Å². The second kappa shape index (κ2) is 7.82. The number of rotatable bonds is 4. The number of para-hydroxylation sites is 1. The van der Waals surface area contributed by atoms with Gasteiger partial charge < -0.3 is 10.1 Å². The highest BCUT2D eigenvalue weighted by Crippen LogP contribution is 2.20. The number of benzene rings is 2. The average Bonchev–Trinajstić information content (AvgIpc) is 2.54. The van der Waals surface area contributed by atoms with Crippen LogP contribution in [0.3, 0.4) is 0 Å². The number of hydrogen-bond donors (Lipinski definition) is 1. The molecule has 0 bridgehead atoms. The fourth-order valence-corrected chi connectivity index (χ4v) is 2.40. The van der Waals surface area contributed by atoms with Crippen molar-refractivity contribution in [2.75, 3.05) is 5.32 Å². The molecule has 1 amide bonds. The summed E-state index contributed by atoms with van der Waals surface area (Å²) in [6.07, 6.45) is -1.07. The smallest absolute Gasteiger partial charge is 0.339 e. The van der Waals surface area contributed by atoms with Gasteiger partial charge in [-0.25, -0.2) is 4.79 Å². The highest BCUT2D eigenvalue weighted by Gasteiger charge is 2.20. The minimum Gasteiger partial charge on any atom is -0.449 e. The van der Waals surface area contributed by atoms with Gasteiger partial charge in [-0.2, -0.15) is 5.26 Å². The molecule has 0 aromatic heterocycles. The molecule has 5 nitrogen and oxygen atoms in total. The molecular formula is C17H12Cl2N2O3. The van der Waals surface area contributed by atoms with E-state index in [0.29, 0.717) is 11.3 Å². The summed E-state index contributed by atoms with van der Waals surface area (Å²) in [6.45, 7) is 1.42. The molecule has 0 aliphatic rings. The number of halogens is 2. The highest BCUT2D eigenvalue weighted by molar-refractivity contribution is 6.35.